The van der Waals surface area contributed by atoms with E-state index in [2.05, 4.69) is 45.5 Å². The summed E-state index contributed by atoms with van der Waals surface area (Å²) in [6.45, 7) is 9.19. The van der Waals surface area contributed by atoms with Gasteiger partial charge in [0.1, 0.15) is 11.6 Å². The molecular weight excluding hydrogens is 278 g/mol. The van der Waals surface area contributed by atoms with Crippen LogP contribution in [0.1, 0.15) is 31.1 Å². The lowest BCUT2D eigenvalue weighted by atomic mass is 10.3. The maximum Gasteiger partial charge on any atom is 0.147 e. The lowest BCUT2D eigenvalue weighted by Gasteiger charge is -2.21. The fraction of sp³-hybridized carbons (Fsp3) is 0.625. The van der Waals surface area contributed by atoms with E-state index in [0.717, 1.165) is 50.8 Å². The largest absolute Gasteiger partial charge is 0.472 e. The number of aromatic nitrogens is 3. The summed E-state index contributed by atoms with van der Waals surface area (Å²) < 4.78 is 7.46. The zero-order valence-electron chi connectivity index (χ0n) is 13.7. The molecule has 0 aliphatic carbocycles. The van der Waals surface area contributed by atoms with Crippen LogP contribution in [0.4, 0.5) is 0 Å². The normalized spacial score (nSPS) is 16.2. The Bertz CT molecular complexity index is 590. The molecule has 0 N–H and O–H groups in total. The van der Waals surface area contributed by atoms with Crippen LogP contribution in [0.15, 0.2) is 23.0 Å². The first-order valence-corrected chi connectivity index (χ1v) is 7.98. The van der Waals surface area contributed by atoms with E-state index in [1.807, 2.05) is 12.3 Å². The molecule has 0 amide bonds. The molecule has 0 atom stereocenters. The summed E-state index contributed by atoms with van der Waals surface area (Å²) in [7, 11) is 2.13. The number of nitrogens with zero attached hydrogens (tertiary/aromatic N) is 5. The Labute approximate surface area is 131 Å². The molecule has 3 rings (SSSR count). The third-order valence-electron chi connectivity index (χ3n) is 4.45. The first-order valence-electron chi connectivity index (χ1n) is 7.98. The number of rotatable bonds is 5. The van der Waals surface area contributed by atoms with E-state index < -0.39 is 0 Å². The molecule has 0 bridgehead atoms. The van der Waals surface area contributed by atoms with Gasteiger partial charge in [-0.1, -0.05) is 0 Å². The molecule has 120 valence electrons. The number of hydrogen-bond acceptors (Lipinski definition) is 5. The van der Waals surface area contributed by atoms with Gasteiger partial charge in [-0.15, -0.1) is 10.2 Å². The minimum atomic E-state index is 0.510. The van der Waals surface area contributed by atoms with Gasteiger partial charge in [-0.05, 0) is 27.0 Å². The van der Waals surface area contributed by atoms with Crippen LogP contribution in [-0.4, -0.2) is 50.7 Å². The van der Waals surface area contributed by atoms with E-state index in [0.29, 0.717) is 6.04 Å². The van der Waals surface area contributed by atoms with Crippen molar-refractivity contribution < 1.29 is 4.42 Å². The molecule has 0 fully saturated rings. The molecule has 0 saturated carbocycles. The highest BCUT2D eigenvalue weighted by atomic mass is 16.3. The van der Waals surface area contributed by atoms with Crippen LogP contribution in [0.25, 0.3) is 0 Å². The second kappa shape index (κ2) is 6.62. The van der Waals surface area contributed by atoms with Crippen molar-refractivity contribution in [3.63, 3.8) is 0 Å². The molecule has 2 aromatic rings. The maximum absolute atomic E-state index is 5.16. The van der Waals surface area contributed by atoms with Crippen LogP contribution >= 0.6 is 0 Å². The maximum atomic E-state index is 5.16. The van der Waals surface area contributed by atoms with Crippen molar-refractivity contribution in [2.45, 2.75) is 45.9 Å². The van der Waals surface area contributed by atoms with E-state index >= 15 is 0 Å². The molecule has 0 saturated heterocycles. The smallest absolute Gasteiger partial charge is 0.147 e. The Morgan fingerprint density at radius 3 is 2.86 bits per heavy atom. The fourth-order valence-electron chi connectivity index (χ4n) is 2.75. The van der Waals surface area contributed by atoms with Gasteiger partial charge < -0.3 is 8.98 Å². The average Bonchev–Trinajstić information content (AvgIpc) is 3.07. The van der Waals surface area contributed by atoms with E-state index in [1.54, 1.807) is 6.26 Å². The Kier molecular flexibility index (Phi) is 4.59. The Balaban J connectivity index is 1.65. The average molecular weight is 303 g/mol. The van der Waals surface area contributed by atoms with Crippen molar-refractivity contribution in [1.29, 1.82) is 0 Å². The van der Waals surface area contributed by atoms with E-state index in [-0.39, 0.29) is 0 Å². The minimum Gasteiger partial charge on any atom is -0.472 e. The molecule has 0 radical (unpaired) electrons. The van der Waals surface area contributed by atoms with Crippen molar-refractivity contribution >= 4 is 0 Å². The predicted molar refractivity (Wildman–Crippen MR) is 84.3 cm³/mol. The molecule has 6 nitrogen and oxygen atoms in total. The van der Waals surface area contributed by atoms with Crippen LogP contribution in [0.3, 0.4) is 0 Å². The standard InChI is InChI=1S/C16H25N5O/c1-13(2)19(3)11-16-18-17-15-4-6-20(7-8-21(15)16)10-14-5-9-22-12-14/h5,9,12-13H,4,6-8,10-11H2,1-3H3. The second-order valence-electron chi connectivity index (χ2n) is 6.35. The van der Waals surface area contributed by atoms with Gasteiger partial charge in [-0.3, -0.25) is 9.80 Å². The highest BCUT2D eigenvalue weighted by Gasteiger charge is 2.20. The molecule has 6 heteroatoms. The van der Waals surface area contributed by atoms with Crippen molar-refractivity contribution in [3.8, 4) is 0 Å². The molecule has 0 aromatic carbocycles. The van der Waals surface area contributed by atoms with Gasteiger partial charge in [0.05, 0.1) is 19.1 Å². The summed E-state index contributed by atoms with van der Waals surface area (Å²) in [6, 6.07) is 2.55. The van der Waals surface area contributed by atoms with Crippen LogP contribution in [0, 0.1) is 0 Å². The summed E-state index contributed by atoms with van der Waals surface area (Å²) in [5.41, 5.74) is 1.23. The molecule has 3 heterocycles. The lowest BCUT2D eigenvalue weighted by molar-refractivity contribution is 0.248. The van der Waals surface area contributed by atoms with E-state index in [9.17, 15) is 0 Å². The number of fused-ring (bicyclic) bond motifs is 1. The lowest BCUT2D eigenvalue weighted by Crippen LogP contribution is -2.29. The predicted octanol–water partition coefficient (Wildman–Crippen LogP) is 1.77. The monoisotopic (exact) mass is 303 g/mol. The summed E-state index contributed by atoms with van der Waals surface area (Å²) in [5, 5.41) is 8.80. The summed E-state index contributed by atoms with van der Waals surface area (Å²) in [4.78, 5) is 4.75. The zero-order valence-corrected chi connectivity index (χ0v) is 13.7. The molecule has 0 spiro atoms. The van der Waals surface area contributed by atoms with Crippen molar-refractivity contribution in [2.75, 3.05) is 20.1 Å². The SMILES string of the molecule is CC(C)N(C)Cc1nnc2n1CCN(Cc1ccoc1)CC2. The van der Waals surface area contributed by atoms with Gasteiger partial charge in [0.2, 0.25) is 0 Å². The van der Waals surface area contributed by atoms with Crippen LogP contribution in [0.5, 0.6) is 0 Å². The Morgan fingerprint density at radius 2 is 2.14 bits per heavy atom. The van der Waals surface area contributed by atoms with Crippen molar-refractivity contribution in [2.24, 2.45) is 0 Å². The Hall–Kier alpha value is -1.66. The molecule has 0 unspecified atom stereocenters. The topological polar surface area (TPSA) is 50.3 Å². The molecule has 1 aliphatic rings. The van der Waals surface area contributed by atoms with E-state index in [1.165, 1.54) is 5.56 Å². The van der Waals surface area contributed by atoms with Crippen LogP contribution in [-0.2, 0) is 26.1 Å². The summed E-state index contributed by atoms with van der Waals surface area (Å²) in [6.07, 6.45) is 4.52. The third kappa shape index (κ3) is 3.39. The summed E-state index contributed by atoms with van der Waals surface area (Å²) in [5.74, 6) is 2.19. The number of hydrogen-bond donors (Lipinski definition) is 0. The van der Waals surface area contributed by atoms with Crippen molar-refractivity contribution in [1.82, 2.24) is 24.6 Å². The molecule has 22 heavy (non-hydrogen) atoms. The van der Waals surface area contributed by atoms with Crippen LogP contribution < -0.4 is 0 Å². The van der Waals surface area contributed by atoms with Gasteiger partial charge >= 0.3 is 0 Å². The quantitative estimate of drug-likeness (QED) is 0.842. The first-order chi connectivity index (χ1) is 10.6. The van der Waals surface area contributed by atoms with Gasteiger partial charge in [-0.2, -0.15) is 0 Å². The zero-order chi connectivity index (χ0) is 15.5. The molecule has 1 aliphatic heterocycles. The highest BCUT2D eigenvalue weighted by Crippen LogP contribution is 2.14. The molecule has 2 aromatic heterocycles. The van der Waals surface area contributed by atoms with Crippen molar-refractivity contribution in [3.05, 3.63) is 35.8 Å². The number of furan rings is 1. The third-order valence-corrected chi connectivity index (χ3v) is 4.45. The second-order valence-corrected chi connectivity index (χ2v) is 6.35. The fourth-order valence-corrected chi connectivity index (χ4v) is 2.75. The minimum absolute atomic E-state index is 0.510. The first kappa shape index (κ1) is 15.2. The van der Waals surface area contributed by atoms with E-state index in [4.69, 9.17) is 4.42 Å². The van der Waals surface area contributed by atoms with Crippen LogP contribution in [0.2, 0.25) is 0 Å². The Morgan fingerprint density at radius 1 is 1.27 bits per heavy atom. The highest BCUT2D eigenvalue weighted by molar-refractivity contribution is 5.06. The van der Waals surface area contributed by atoms with Gasteiger partial charge in [0.15, 0.2) is 0 Å². The van der Waals surface area contributed by atoms with Gasteiger partial charge in [0, 0.05) is 44.2 Å². The summed E-state index contributed by atoms with van der Waals surface area (Å²) >= 11 is 0. The molecular formula is C16H25N5O. The van der Waals surface area contributed by atoms with Gasteiger partial charge in [0.25, 0.3) is 0 Å². The van der Waals surface area contributed by atoms with Gasteiger partial charge in [-0.25, -0.2) is 0 Å².